The summed E-state index contributed by atoms with van der Waals surface area (Å²) in [5.74, 6) is 1.40. The third-order valence-electron chi connectivity index (χ3n) is 8.74. The van der Waals surface area contributed by atoms with Crippen molar-refractivity contribution in [1.82, 2.24) is 0 Å². The number of halogens is 1. The molecule has 0 unspecified atom stereocenters. The van der Waals surface area contributed by atoms with E-state index in [0.29, 0.717) is 27.8 Å². The minimum atomic E-state index is -4.76. The molecule has 14 heteroatoms. The summed E-state index contributed by atoms with van der Waals surface area (Å²) in [5.41, 5.74) is 0.587. The molecule has 6 rings (SSSR count). The topological polar surface area (TPSA) is 150 Å². The van der Waals surface area contributed by atoms with Gasteiger partial charge >= 0.3 is 0 Å². The Balaban J connectivity index is 1.17. The quantitative estimate of drug-likeness (QED) is 0.119. The lowest BCUT2D eigenvalue weighted by Gasteiger charge is -2.27. The average Bonchev–Trinajstić information content (AvgIpc) is 3.15. The molecule has 0 amide bonds. The smallest absolute Gasteiger partial charge is 0.298 e. The molecule has 0 aliphatic rings. The van der Waals surface area contributed by atoms with Crippen LogP contribution in [-0.2, 0) is 35.2 Å². The molecule has 0 spiro atoms. The fourth-order valence-electron chi connectivity index (χ4n) is 5.57. The van der Waals surface area contributed by atoms with Crippen LogP contribution in [0.15, 0.2) is 164 Å². The van der Waals surface area contributed by atoms with E-state index in [-0.39, 0.29) is 31.1 Å². The number of methoxy groups -OCH3 is 1. The van der Waals surface area contributed by atoms with Crippen LogP contribution in [0.4, 0.5) is 0 Å². The lowest BCUT2D eigenvalue weighted by molar-refractivity contribution is 0.414. The third-order valence-corrected chi connectivity index (χ3v) is 13.4. The van der Waals surface area contributed by atoms with Crippen LogP contribution in [0.25, 0.3) is 0 Å². The van der Waals surface area contributed by atoms with Crippen molar-refractivity contribution in [3.05, 3.63) is 156 Å². The molecule has 0 aliphatic heterocycles. The van der Waals surface area contributed by atoms with E-state index in [1.54, 1.807) is 42.5 Å². The highest BCUT2D eigenvalue weighted by molar-refractivity contribution is 7.91. The highest BCUT2D eigenvalue weighted by atomic mass is 35.5. The summed E-state index contributed by atoms with van der Waals surface area (Å²) >= 11 is 5.89. The Morgan fingerprint density at radius 2 is 0.870 bits per heavy atom. The first-order chi connectivity index (χ1) is 25.5. The van der Waals surface area contributed by atoms with Crippen molar-refractivity contribution >= 4 is 41.4 Å². The molecule has 0 bridgehead atoms. The van der Waals surface area contributed by atoms with Gasteiger partial charge in [-0.05, 0) is 132 Å². The van der Waals surface area contributed by atoms with Crippen molar-refractivity contribution < 1.29 is 44.0 Å². The van der Waals surface area contributed by atoms with Gasteiger partial charge in [-0.2, -0.15) is 8.42 Å². The predicted octanol–water partition coefficient (Wildman–Crippen LogP) is 9.17. The molecule has 6 aromatic rings. The van der Waals surface area contributed by atoms with Gasteiger partial charge in [0.25, 0.3) is 10.1 Å². The maximum atomic E-state index is 13.1. The van der Waals surface area contributed by atoms with Crippen LogP contribution in [0.2, 0.25) is 5.02 Å². The summed E-state index contributed by atoms with van der Waals surface area (Å²) in [4.78, 5) is -0.173. The Morgan fingerprint density at radius 1 is 0.500 bits per heavy atom. The number of rotatable bonds is 12. The zero-order valence-electron chi connectivity index (χ0n) is 29.0. The first-order valence-electron chi connectivity index (χ1n) is 16.2. The fraction of sp³-hybridized carbons (Fsp3) is 0.100. The van der Waals surface area contributed by atoms with Crippen LogP contribution in [0.5, 0.6) is 28.7 Å². The molecule has 0 saturated carbocycles. The highest BCUT2D eigenvalue weighted by Gasteiger charge is 2.28. The van der Waals surface area contributed by atoms with E-state index < -0.39 is 40.1 Å². The van der Waals surface area contributed by atoms with Crippen LogP contribution in [-0.4, -0.2) is 36.9 Å². The molecule has 0 heterocycles. The minimum absolute atomic E-state index is 0.00197. The normalized spacial score (nSPS) is 12.2. The second-order valence-electron chi connectivity index (χ2n) is 12.6. The summed E-state index contributed by atoms with van der Waals surface area (Å²) in [6.45, 7) is 3.77. The van der Waals surface area contributed by atoms with E-state index in [1.807, 2.05) is 26.0 Å². The van der Waals surface area contributed by atoms with Gasteiger partial charge in [-0.15, -0.1) is 0 Å². The van der Waals surface area contributed by atoms with Gasteiger partial charge < -0.3 is 14.2 Å². The second kappa shape index (κ2) is 14.9. The zero-order chi connectivity index (χ0) is 38.9. The van der Waals surface area contributed by atoms with Gasteiger partial charge in [0.05, 0.1) is 26.7 Å². The van der Waals surface area contributed by atoms with Gasteiger partial charge in [-0.3, -0.25) is 4.55 Å². The highest BCUT2D eigenvalue weighted by Crippen LogP contribution is 2.38. The molecule has 0 saturated heterocycles. The van der Waals surface area contributed by atoms with Crippen molar-refractivity contribution in [2.45, 2.75) is 43.7 Å². The molecular weight excluding hydrogens is 772 g/mol. The molecule has 54 heavy (non-hydrogen) atoms. The molecule has 6 aromatic carbocycles. The average molecular weight is 805 g/mol. The van der Waals surface area contributed by atoms with E-state index in [0.717, 1.165) is 5.56 Å². The standard InChI is InChI=1S/C40H33ClO10S3/c1-40(2,27-4-9-31(10-5-27)50-32-13-21-36(22-14-32)52(42,43)34-17-7-29(41)8-18-34)28-6-25-38(39(26-28)54(46,47)48)51-33-15-23-37(24-16-33)53(44,45)35-19-11-30(49-3)12-20-35/h4-26H,1-3H3,(H,46,47,48). The summed E-state index contributed by atoms with van der Waals surface area (Å²) < 4.78 is 104. The molecule has 10 nitrogen and oxygen atoms in total. The van der Waals surface area contributed by atoms with E-state index in [4.69, 9.17) is 25.8 Å². The molecule has 0 atom stereocenters. The van der Waals surface area contributed by atoms with Crippen molar-refractivity contribution in [3.8, 4) is 28.7 Å². The molecule has 278 valence electrons. The van der Waals surface area contributed by atoms with Crippen LogP contribution >= 0.6 is 11.6 Å². The molecule has 0 aromatic heterocycles. The number of ether oxygens (including phenoxy) is 3. The zero-order valence-corrected chi connectivity index (χ0v) is 32.2. The van der Waals surface area contributed by atoms with Gasteiger partial charge in [0.2, 0.25) is 19.7 Å². The maximum Gasteiger partial charge on any atom is 0.298 e. The van der Waals surface area contributed by atoms with Crippen LogP contribution in [0, 0.1) is 0 Å². The van der Waals surface area contributed by atoms with Gasteiger partial charge in [-0.25, -0.2) is 16.8 Å². The van der Waals surface area contributed by atoms with E-state index in [1.165, 1.54) is 92.0 Å². The van der Waals surface area contributed by atoms with Crippen molar-refractivity contribution in [1.29, 1.82) is 0 Å². The first kappa shape index (κ1) is 38.5. The number of benzene rings is 6. The van der Waals surface area contributed by atoms with Gasteiger partial charge in [-0.1, -0.05) is 43.6 Å². The fourth-order valence-corrected chi connectivity index (χ4v) is 8.85. The largest absolute Gasteiger partial charge is 0.497 e. The summed E-state index contributed by atoms with van der Waals surface area (Å²) in [7, 11) is -10.9. The molecule has 1 N–H and O–H groups in total. The monoisotopic (exact) mass is 804 g/mol. The third kappa shape index (κ3) is 8.15. The number of hydrogen-bond acceptors (Lipinski definition) is 9. The SMILES string of the molecule is COc1ccc(S(=O)(=O)c2ccc(Oc3ccc(C(C)(C)c4ccc(Oc5ccc(S(=O)(=O)c6ccc(Cl)cc6)cc5)cc4)cc3S(=O)(=O)O)cc2)cc1. The van der Waals surface area contributed by atoms with Crippen molar-refractivity contribution in [2.75, 3.05) is 7.11 Å². The number of hydrogen-bond donors (Lipinski definition) is 1. The Bertz CT molecular complexity index is 2620. The summed E-state index contributed by atoms with van der Waals surface area (Å²) in [6.07, 6.45) is 0. The number of sulfone groups is 2. The summed E-state index contributed by atoms with van der Waals surface area (Å²) in [6, 6.07) is 34.9. The van der Waals surface area contributed by atoms with Gasteiger partial charge in [0.15, 0.2) is 0 Å². The van der Waals surface area contributed by atoms with Crippen LogP contribution < -0.4 is 14.2 Å². The van der Waals surface area contributed by atoms with Crippen molar-refractivity contribution in [2.24, 2.45) is 0 Å². The van der Waals surface area contributed by atoms with Crippen LogP contribution in [0.1, 0.15) is 25.0 Å². The van der Waals surface area contributed by atoms with E-state index >= 15 is 0 Å². The van der Waals surface area contributed by atoms with E-state index in [9.17, 15) is 29.8 Å². The minimum Gasteiger partial charge on any atom is -0.497 e. The van der Waals surface area contributed by atoms with Gasteiger partial charge in [0, 0.05) is 10.4 Å². The maximum absolute atomic E-state index is 13.1. The lowest BCUT2D eigenvalue weighted by atomic mass is 9.78. The first-order valence-corrected chi connectivity index (χ1v) is 21.0. The predicted molar refractivity (Wildman–Crippen MR) is 203 cm³/mol. The van der Waals surface area contributed by atoms with E-state index in [2.05, 4.69) is 0 Å². The van der Waals surface area contributed by atoms with Crippen molar-refractivity contribution in [3.63, 3.8) is 0 Å². The molecule has 0 radical (unpaired) electrons. The molecular formula is C40H33ClO10S3. The molecule has 0 fully saturated rings. The lowest BCUT2D eigenvalue weighted by Crippen LogP contribution is -2.19. The Kier molecular flexibility index (Phi) is 10.6. The molecule has 0 aliphatic carbocycles. The Hall–Kier alpha value is -5.18. The second-order valence-corrected chi connectivity index (χ2v) is 18.3. The Labute approximate surface area is 319 Å². The van der Waals surface area contributed by atoms with Gasteiger partial charge in [0.1, 0.15) is 33.6 Å². The Morgan fingerprint density at radius 3 is 1.30 bits per heavy atom. The summed E-state index contributed by atoms with van der Waals surface area (Å²) in [5, 5.41) is 0.432. The van der Waals surface area contributed by atoms with Crippen LogP contribution in [0.3, 0.4) is 0 Å².